The van der Waals surface area contributed by atoms with Crippen LogP contribution in [0.2, 0.25) is 0 Å². The zero-order valence-electron chi connectivity index (χ0n) is 13.2. The minimum absolute atomic E-state index is 0.0382. The van der Waals surface area contributed by atoms with Crippen molar-refractivity contribution in [1.82, 2.24) is 10.2 Å². The maximum atomic E-state index is 14.0. The van der Waals surface area contributed by atoms with E-state index < -0.39 is 0 Å². The number of nitrogens with zero attached hydrogens (tertiary/aromatic N) is 1. The smallest absolute Gasteiger partial charge is 0.127 e. The molecule has 0 aromatic heterocycles. The van der Waals surface area contributed by atoms with Gasteiger partial charge in [-0.25, -0.2) is 4.39 Å². The number of piperazine rings is 1. The summed E-state index contributed by atoms with van der Waals surface area (Å²) in [5.41, 5.74) is 2.08. The van der Waals surface area contributed by atoms with Crippen LogP contribution in [0.3, 0.4) is 0 Å². The fraction of sp³-hybridized carbons (Fsp3) is 0.368. The molecule has 22 heavy (non-hydrogen) atoms. The molecule has 0 amide bonds. The van der Waals surface area contributed by atoms with Crippen molar-refractivity contribution < 1.29 is 4.39 Å². The van der Waals surface area contributed by atoms with Crippen LogP contribution < -0.4 is 5.32 Å². The van der Waals surface area contributed by atoms with E-state index in [9.17, 15) is 4.39 Å². The molecule has 2 aromatic rings. The summed E-state index contributed by atoms with van der Waals surface area (Å²) in [4.78, 5) is 2.38. The first-order valence-electron chi connectivity index (χ1n) is 7.83. The van der Waals surface area contributed by atoms with E-state index in [1.165, 1.54) is 5.56 Å². The summed E-state index contributed by atoms with van der Waals surface area (Å²) in [6.07, 6.45) is 0. The van der Waals surface area contributed by atoms with Crippen LogP contribution in [0.25, 0.3) is 0 Å². The molecule has 1 unspecified atom stereocenters. The molecule has 1 aliphatic heterocycles. The zero-order valence-corrected chi connectivity index (χ0v) is 13.2. The van der Waals surface area contributed by atoms with Gasteiger partial charge in [0.05, 0.1) is 0 Å². The molecular weight excluding hydrogens is 275 g/mol. The molecule has 1 N–H and O–H groups in total. The topological polar surface area (TPSA) is 15.3 Å². The van der Waals surface area contributed by atoms with Crippen LogP contribution in [0, 0.1) is 5.82 Å². The minimum atomic E-state index is -0.120. The number of nitrogens with one attached hydrogen (secondary N) is 1. The molecule has 1 aliphatic rings. The van der Waals surface area contributed by atoms with Gasteiger partial charge in [0.2, 0.25) is 0 Å². The summed E-state index contributed by atoms with van der Waals surface area (Å²) in [7, 11) is 0. The van der Waals surface area contributed by atoms with Gasteiger partial charge in [0.25, 0.3) is 0 Å². The van der Waals surface area contributed by atoms with Gasteiger partial charge in [-0.3, -0.25) is 4.90 Å². The molecular formula is C19H23FN2. The molecule has 0 aliphatic carbocycles. The number of hydrogen-bond donors (Lipinski definition) is 1. The highest BCUT2D eigenvalue weighted by atomic mass is 19.1. The number of benzene rings is 2. The predicted octanol–water partition coefficient (Wildman–Crippen LogP) is 3.75. The number of halogens is 1. The number of hydrogen-bond acceptors (Lipinski definition) is 2. The summed E-state index contributed by atoms with van der Waals surface area (Å²) >= 11 is 0. The Morgan fingerprint density at radius 3 is 2.50 bits per heavy atom. The lowest BCUT2D eigenvalue weighted by Crippen LogP contribution is -2.57. The minimum Gasteiger partial charge on any atom is -0.309 e. The van der Waals surface area contributed by atoms with Gasteiger partial charge in [-0.15, -0.1) is 0 Å². The molecule has 0 spiro atoms. The first-order valence-corrected chi connectivity index (χ1v) is 7.83. The summed E-state index contributed by atoms with van der Waals surface area (Å²) in [6, 6.07) is 17.8. The van der Waals surface area contributed by atoms with Gasteiger partial charge in [0.15, 0.2) is 0 Å². The summed E-state index contributed by atoms with van der Waals surface area (Å²) in [5.74, 6) is -0.120. The Morgan fingerprint density at radius 2 is 1.77 bits per heavy atom. The lowest BCUT2D eigenvalue weighted by Gasteiger charge is -2.45. The first-order chi connectivity index (χ1) is 10.6. The van der Waals surface area contributed by atoms with E-state index in [1.807, 2.05) is 18.2 Å². The second kappa shape index (κ2) is 6.19. The van der Waals surface area contributed by atoms with Crippen LogP contribution in [-0.4, -0.2) is 23.5 Å². The Labute approximate surface area is 132 Å². The van der Waals surface area contributed by atoms with E-state index in [0.29, 0.717) is 6.54 Å². The van der Waals surface area contributed by atoms with Crippen molar-refractivity contribution in [3.8, 4) is 0 Å². The van der Waals surface area contributed by atoms with Gasteiger partial charge < -0.3 is 5.32 Å². The largest absolute Gasteiger partial charge is 0.309 e. The van der Waals surface area contributed by atoms with Crippen molar-refractivity contribution in [2.24, 2.45) is 0 Å². The third-order valence-corrected chi connectivity index (χ3v) is 4.33. The van der Waals surface area contributed by atoms with Gasteiger partial charge >= 0.3 is 0 Å². The zero-order chi connectivity index (χ0) is 15.6. The Hall–Kier alpha value is -1.71. The second-order valence-electron chi connectivity index (χ2n) is 6.69. The molecule has 3 rings (SSSR count). The van der Waals surface area contributed by atoms with Crippen LogP contribution in [-0.2, 0) is 6.54 Å². The van der Waals surface area contributed by atoms with E-state index in [1.54, 1.807) is 12.1 Å². The van der Waals surface area contributed by atoms with Crippen LogP contribution >= 0.6 is 0 Å². The molecule has 1 heterocycles. The van der Waals surface area contributed by atoms with E-state index in [4.69, 9.17) is 0 Å². The van der Waals surface area contributed by atoms with Crippen molar-refractivity contribution in [3.63, 3.8) is 0 Å². The molecule has 0 bridgehead atoms. The van der Waals surface area contributed by atoms with E-state index in [-0.39, 0.29) is 17.4 Å². The van der Waals surface area contributed by atoms with Gasteiger partial charge in [0.1, 0.15) is 5.82 Å². The van der Waals surface area contributed by atoms with E-state index in [2.05, 4.69) is 48.3 Å². The summed E-state index contributed by atoms with van der Waals surface area (Å²) in [5, 5.41) is 3.60. The highest BCUT2D eigenvalue weighted by molar-refractivity contribution is 5.23. The normalized spacial score (nSPS) is 21.7. The standard InChI is InChI=1S/C19H23FN2/c1-19(2)14-22(13-16-10-6-7-11-17(16)20)18(12-21-19)15-8-4-3-5-9-15/h3-11,18,21H,12-14H2,1-2H3. The Morgan fingerprint density at radius 1 is 1.09 bits per heavy atom. The summed E-state index contributed by atoms with van der Waals surface area (Å²) < 4.78 is 14.0. The highest BCUT2D eigenvalue weighted by Crippen LogP contribution is 2.28. The summed E-state index contributed by atoms with van der Waals surface area (Å²) in [6.45, 7) is 6.80. The van der Waals surface area contributed by atoms with Crippen LogP contribution in [0.4, 0.5) is 4.39 Å². The average molecular weight is 298 g/mol. The molecule has 1 atom stereocenters. The molecule has 1 fully saturated rings. The van der Waals surface area contributed by atoms with Crippen LogP contribution in [0.5, 0.6) is 0 Å². The van der Waals surface area contributed by atoms with Crippen molar-refractivity contribution in [2.75, 3.05) is 13.1 Å². The third kappa shape index (κ3) is 3.37. The maximum Gasteiger partial charge on any atom is 0.127 e. The van der Waals surface area contributed by atoms with Crippen molar-refractivity contribution in [1.29, 1.82) is 0 Å². The Kier molecular flexibility index (Phi) is 4.27. The van der Waals surface area contributed by atoms with Gasteiger partial charge in [0, 0.05) is 36.8 Å². The van der Waals surface area contributed by atoms with Gasteiger partial charge in [-0.1, -0.05) is 48.5 Å². The Balaban J connectivity index is 1.87. The fourth-order valence-electron chi connectivity index (χ4n) is 3.19. The number of rotatable bonds is 3. The SMILES string of the molecule is CC1(C)CN(Cc2ccccc2F)C(c2ccccc2)CN1. The molecule has 3 heteroatoms. The Bertz CT molecular complexity index is 624. The molecule has 2 aromatic carbocycles. The maximum absolute atomic E-state index is 14.0. The van der Waals surface area contributed by atoms with Crippen molar-refractivity contribution in [3.05, 3.63) is 71.5 Å². The van der Waals surface area contributed by atoms with Crippen LogP contribution in [0.15, 0.2) is 54.6 Å². The van der Waals surface area contributed by atoms with Crippen LogP contribution in [0.1, 0.15) is 31.0 Å². The monoisotopic (exact) mass is 298 g/mol. The van der Waals surface area contributed by atoms with Gasteiger partial charge in [-0.05, 0) is 25.5 Å². The molecule has 1 saturated heterocycles. The fourth-order valence-corrected chi connectivity index (χ4v) is 3.19. The van der Waals surface area contributed by atoms with Crippen molar-refractivity contribution in [2.45, 2.75) is 32.0 Å². The molecule has 0 saturated carbocycles. The second-order valence-corrected chi connectivity index (χ2v) is 6.69. The van der Waals surface area contributed by atoms with Gasteiger partial charge in [-0.2, -0.15) is 0 Å². The van der Waals surface area contributed by atoms with E-state index >= 15 is 0 Å². The lowest BCUT2D eigenvalue weighted by molar-refractivity contribution is 0.0869. The quantitative estimate of drug-likeness (QED) is 0.928. The lowest BCUT2D eigenvalue weighted by atomic mass is 9.94. The highest BCUT2D eigenvalue weighted by Gasteiger charge is 2.33. The van der Waals surface area contributed by atoms with E-state index in [0.717, 1.165) is 18.7 Å². The molecule has 0 radical (unpaired) electrons. The predicted molar refractivity (Wildman–Crippen MR) is 88.1 cm³/mol. The first kappa shape index (κ1) is 15.2. The average Bonchev–Trinajstić information content (AvgIpc) is 2.50. The van der Waals surface area contributed by atoms with Crippen molar-refractivity contribution >= 4 is 0 Å². The molecule has 116 valence electrons. The molecule has 2 nitrogen and oxygen atoms in total. The third-order valence-electron chi connectivity index (χ3n) is 4.33.